The number of aryl methyl sites for hydroxylation is 2. The number of aliphatic hydroxyl groups is 1. The van der Waals surface area contributed by atoms with Gasteiger partial charge in [-0.05, 0) is 72.1 Å². The lowest BCUT2D eigenvalue weighted by atomic mass is 9.75. The standard InChI is InChI=1S/C29H36ClN5O5/c1-16-14-22(26(37)34-33-16)40-21-10-9-20(31-17(21)2)25(36)32-18(3)27(38)35-23(28(4,5)39)11-12-24(35)29(6)13-7-8-19(30)15-29/h7-10,14-15,18,23-24,39H,11-13H2,1-6H3,(H,32,36)(H,34,37)/t18-,23-,24+,29?/m1/s1. The fourth-order valence-electron chi connectivity index (χ4n) is 5.55. The van der Waals surface area contributed by atoms with Gasteiger partial charge in [0.25, 0.3) is 5.91 Å². The Balaban J connectivity index is 1.52. The summed E-state index contributed by atoms with van der Waals surface area (Å²) >= 11 is 6.34. The third kappa shape index (κ3) is 6.13. The maximum atomic E-state index is 13.9. The number of aromatic nitrogens is 3. The van der Waals surface area contributed by atoms with Gasteiger partial charge in [0.2, 0.25) is 5.91 Å². The van der Waals surface area contributed by atoms with Crippen molar-refractivity contribution in [1.29, 1.82) is 0 Å². The molecule has 1 aliphatic heterocycles. The van der Waals surface area contributed by atoms with Crippen molar-refractivity contribution in [3.8, 4) is 11.5 Å². The molecule has 1 unspecified atom stereocenters. The first-order chi connectivity index (χ1) is 18.7. The SMILES string of the molecule is Cc1cc(Oc2ccc(C(=O)N[C@H](C)C(=O)N3[C@H](C4(C)C=C(Cl)C=CC4)CC[C@@H]3C(C)(C)O)nc2C)c(=O)[nH]n1. The van der Waals surface area contributed by atoms with Crippen molar-refractivity contribution in [2.45, 2.75) is 84.5 Å². The summed E-state index contributed by atoms with van der Waals surface area (Å²) in [6.07, 6.45) is 7.87. The molecule has 4 atom stereocenters. The predicted octanol–water partition coefficient (Wildman–Crippen LogP) is 3.91. The Morgan fingerprint density at radius 1 is 1.27 bits per heavy atom. The minimum absolute atomic E-state index is 0.0636. The molecule has 2 amide bonds. The molecule has 0 aromatic carbocycles. The average Bonchev–Trinajstić information content (AvgIpc) is 3.34. The lowest BCUT2D eigenvalue weighted by molar-refractivity contribution is -0.143. The molecule has 0 spiro atoms. The molecule has 3 N–H and O–H groups in total. The summed E-state index contributed by atoms with van der Waals surface area (Å²) in [6, 6.07) is 3.02. The van der Waals surface area contributed by atoms with Crippen LogP contribution in [0.25, 0.3) is 0 Å². The Morgan fingerprint density at radius 2 is 2.00 bits per heavy atom. The van der Waals surface area contributed by atoms with Crippen molar-refractivity contribution in [3.63, 3.8) is 0 Å². The number of H-pyrrole nitrogens is 1. The molecule has 0 radical (unpaired) electrons. The molecule has 3 heterocycles. The van der Waals surface area contributed by atoms with Gasteiger partial charge in [-0.1, -0.05) is 30.7 Å². The topological polar surface area (TPSA) is 138 Å². The number of carbonyl (C=O) groups is 2. The van der Waals surface area contributed by atoms with Gasteiger partial charge in [-0.2, -0.15) is 5.10 Å². The van der Waals surface area contributed by atoms with Gasteiger partial charge in [-0.3, -0.25) is 14.4 Å². The molecular weight excluding hydrogens is 534 g/mol. The quantitative estimate of drug-likeness (QED) is 0.459. The molecule has 0 saturated carbocycles. The van der Waals surface area contributed by atoms with Crippen LogP contribution in [-0.2, 0) is 4.79 Å². The Bertz CT molecular complexity index is 1430. The molecule has 0 bridgehead atoms. The van der Waals surface area contributed by atoms with Crippen LogP contribution in [0.4, 0.5) is 0 Å². The van der Waals surface area contributed by atoms with Crippen LogP contribution >= 0.6 is 11.6 Å². The summed E-state index contributed by atoms with van der Waals surface area (Å²) in [4.78, 5) is 45.1. The summed E-state index contributed by atoms with van der Waals surface area (Å²) in [5.74, 6) is -0.439. The Kier molecular flexibility index (Phi) is 8.23. The highest BCUT2D eigenvalue weighted by Gasteiger charge is 2.50. The number of nitrogens with one attached hydrogen (secondary N) is 2. The van der Waals surface area contributed by atoms with E-state index in [1.807, 2.05) is 18.2 Å². The smallest absolute Gasteiger partial charge is 0.307 e. The van der Waals surface area contributed by atoms with Gasteiger partial charge in [-0.15, -0.1) is 0 Å². The number of likely N-dealkylation sites (tertiary alicyclic amines) is 1. The first-order valence-corrected chi connectivity index (χ1v) is 13.7. The third-order valence-corrected chi connectivity index (χ3v) is 7.86. The van der Waals surface area contributed by atoms with E-state index in [1.54, 1.807) is 45.6 Å². The van der Waals surface area contributed by atoms with Crippen molar-refractivity contribution in [3.05, 3.63) is 68.9 Å². The molecule has 1 saturated heterocycles. The number of rotatable bonds is 7. The Labute approximate surface area is 238 Å². The first-order valence-electron chi connectivity index (χ1n) is 13.3. The van der Waals surface area contributed by atoms with Crippen LogP contribution in [0.1, 0.15) is 68.8 Å². The molecule has 1 aliphatic carbocycles. The number of hydrogen-bond acceptors (Lipinski definition) is 7. The zero-order valence-electron chi connectivity index (χ0n) is 23.6. The van der Waals surface area contributed by atoms with Crippen molar-refractivity contribution >= 4 is 23.4 Å². The molecule has 11 heteroatoms. The van der Waals surface area contributed by atoms with Crippen LogP contribution < -0.4 is 15.6 Å². The number of allylic oxidation sites excluding steroid dienone is 3. The molecular formula is C29H36ClN5O5. The molecule has 4 rings (SSSR count). The van der Waals surface area contributed by atoms with Crippen LogP contribution in [-0.4, -0.2) is 60.7 Å². The van der Waals surface area contributed by atoms with E-state index in [-0.39, 0.29) is 23.4 Å². The van der Waals surface area contributed by atoms with E-state index in [0.29, 0.717) is 41.4 Å². The van der Waals surface area contributed by atoms with Crippen molar-refractivity contribution < 1.29 is 19.4 Å². The van der Waals surface area contributed by atoms with E-state index in [0.717, 1.165) is 0 Å². The maximum absolute atomic E-state index is 13.9. The van der Waals surface area contributed by atoms with E-state index < -0.39 is 34.6 Å². The van der Waals surface area contributed by atoms with Gasteiger partial charge in [0.05, 0.1) is 23.0 Å². The summed E-state index contributed by atoms with van der Waals surface area (Å²) in [5, 5.41) is 20.5. The van der Waals surface area contributed by atoms with Crippen molar-refractivity contribution in [2.24, 2.45) is 5.41 Å². The fourth-order valence-corrected chi connectivity index (χ4v) is 5.89. The lowest BCUT2D eigenvalue weighted by Crippen LogP contribution is -2.59. The first kappa shape index (κ1) is 29.5. The zero-order chi connectivity index (χ0) is 29.4. The second kappa shape index (κ2) is 11.2. The second-order valence-electron chi connectivity index (χ2n) is 11.4. The average molecular weight is 570 g/mol. The third-order valence-electron chi connectivity index (χ3n) is 7.62. The van der Waals surface area contributed by atoms with Gasteiger partial charge < -0.3 is 20.1 Å². The number of aromatic amines is 1. The summed E-state index contributed by atoms with van der Waals surface area (Å²) in [7, 11) is 0. The van der Waals surface area contributed by atoms with Crippen LogP contribution in [0.3, 0.4) is 0 Å². The highest BCUT2D eigenvalue weighted by molar-refractivity contribution is 6.31. The van der Waals surface area contributed by atoms with Gasteiger partial charge in [0.15, 0.2) is 5.75 Å². The largest absolute Gasteiger partial charge is 0.450 e. The van der Waals surface area contributed by atoms with E-state index in [1.165, 1.54) is 12.1 Å². The summed E-state index contributed by atoms with van der Waals surface area (Å²) in [6.45, 7) is 10.5. The summed E-state index contributed by atoms with van der Waals surface area (Å²) in [5.41, 5.74) is -0.958. The minimum Gasteiger partial charge on any atom is -0.450 e. The van der Waals surface area contributed by atoms with E-state index >= 15 is 0 Å². The Hall–Kier alpha value is -3.50. The van der Waals surface area contributed by atoms with E-state index in [4.69, 9.17) is 16.3 Å². The van der Waals surface area contributed by atoms with Gasteiger partial charge in [-0.25, -0.2) is 10.1 Å². The highest BCUT2D eigenvalue weighted by atomic mass is 35.5. The highest BCUT2D eigenvalue weighted by Crippen LogP contribution is 2.45. The molecule has 214 valence electrons. The van der Waals surface area contributed by atoms with Gasteiger partial charge >= 0.3 is 5.56 Å². The molecule has 10 nitrogen and oxygen atoms in total. The maximum Gasteiger partial charge on any atom is 0.307 e. The molecule has 2 aromatic heterocycles. The second-order valence-corrected chi connectivity index (χ2v) is 11.9. The number of pyridine rings is 1. The monoisotopic (exact) mass is 569 g/mol. The van der Waals surface area contributed by atoms with Crippen LogP contribution in [0.2, 0.25) is 0 Å². The van der Waals surface area contributed by atoms with Crippen molar-refractivity contribution in [1.82, 2.24) is 25.4 Å². The minimum atomic E-state index is -1.13. The van der Waals surface area contributed by atoms with E-state index in [2.05, 4.69) is 27.4 Å². The van der Waals surface area contributed by atoms with E-state index in [9.17, 15) is 19.5 Å². The summed E-state index contributed by atoms with van der Waals surface area (Å²) < 4.78 is 5.69. The molecule has 2 aliphatic rings. The molecule has 2 aromatic rings. The van der Waals surface area contributed by atoms with Crippen LogP contribution in [0.15, 0.2) is 46.3 Å². The van der Waals surface area contributed by atoms with Crippen LogP contribution in [0, 0.1) is 19.3 Å². The normalized spacial score (nSPS) is 23.5. The molecule has 1 fully saturated rings. The number of nitrogens with zero attached hydrogens (tertiary/aromatic N) is 3. The fraction of sp³-hybridized carbons (Fsp3) is 0.483. The Morgan fingerprint density at radius 3 is 2.65 bits per heavy atom. The number of hydrogen-bond donors (Lipinski definition) is 3. The zero-order valence-corrected chi connectivity index (χ0v) is 24.4. The predicted molar refractivity (Wildman–Crippen MR) is 151 cm³/mol. The van der Waals surface area contributed by atoms with Crippen molar-refractivity contribution in [2.75, 3.05) is 0 Å². The molecule has 40 heavy (non-hydrogen) atoms. The van der Waals surface area contributed by atoms with Crippen LogP contribution in [0.5, 0.6) is 11.5 Å². The number of carbonyl (C=O) groups excluding carboxylic acids is 2. The van der Waals surface area contributed by atoms with Gasteiger partial charge in [0, 0.05) is 22.6 Å². The lowest BCUT2D eigenvalue weighted by Gasteiger charge is -2.44. The number of ether oxygens (including phenoxy) is 1. The number of amides is 2. The van der Waals surface area contributed by atoms with Gasteiger partial charge in [0.1, 0.15) is 17.5 Å². The number of halogens is 1.